The number of allylic oxidation sites excluding steroid dienone is 1. The number of quaternary nitrogens is 1. The van der Waals surface area contributed by atoms with E-state index >= 15 is 0 Å². The first-order chi connectivity index (χ1) is 6.49. The Labute approximate surface area is 91.8 Å². The maximum Gasteiger partial charge on any atom is 0.446 e. The summed E-state index contributed by atoms with van der Waals surface area (Å²) in [5.74, 6) is 0. The summed E-state index contributed by atoms with van der Waals surface area (Å²) in [7, 11) is 4.36. The van der Waals surface area contributed by atoms with E-state index in [9.17, 15) is 4.79 Å². The summed E-state index contributed by atoms with van der Waals surface area (Å²) >= 11 is 0. The molecule has 15 heavy (non-hydrogen) atoms. The van der Waals surface area contributed by atoms with Crippen LogP contribution in [0.3, 0.4) is 0 Å². The number of hydrogen-bond donors (Lipinski definition) is 4. The Morgan fingerprint density at radius 2 is 2.07 bits per heavy atom. The fraction of sp³-hybridized carbons (Fsp3) is 0.667. The molecule has 2 amide bonds. The summed E-state index contributed by atoms with van der Waals surface area (Å²) < 4.78 is 0. The van der Waals surface area contributed by atoms with Gasteiger partial charge in [-0.1, -0.05) is 20.9 Å². The summed E-state index contributed by atoms with van der Waals surface area (Å²) in [5.41, 5.74) is 3.51. The molecule has 0 saturated heterocycles. The quantitative estimate of drug-likeness (QED) is 0.398. The van der Waals surface area contributed by atoms with Gasteiger partial charge in [0.15, 0.2) is 0 Å². The van der Waals surface area contributed by atoms with Gasteiger partial charge in [0.25, 0.3) is 0 Å². The van der Waals surface area contributed by atoms with Crippen LogP contribution < -0.4 is 15.9 Å². The Hall–Kier alpha value is -1.11. The predicted molar refractivity (Wildman–Crippen MR) is 59.4 cm³/mol. The van der Waals surface area contributed by atoms with Gasteiger partial charge in [-0.2, -0.15) is 0 Å². The van der Waals surface area contributed by atoms with Gasteiger partial charge in [0.1, 0.15) is 7.05 Å². The number of carbonyl (C=O) groups excluding carboxylic acids is 1. The third-order valence-electron chi connectivity index (χ3n) is 1.23. The van der Waals surface area contributed by atoms with Gasteiger partial charge in [-0.25, -0.2) is 10.0 Å². The van der Waals surface area contributed by atoms with Crippen LogP contribution in [0.25, 0.3) is 0 Å². The molecule has 1 unspecified atom stereocenters. The van der Waals surface area contributed by atoms with E-state index in [0.29, 0.717) is 0 Å². The molecule has 6 nitrogen and oxygen atoms in total. The van der Waals surface area contributed by atoms with E-state index in [0.717, 1.165) is 12.1 Å². The Morgan fingerprint density at radius 3 is 2.13 bits per heavy atom. The van der Waals surface area contributed by atoms with Crippen LogP contribution in [0.15, 0.2) is 12.3 Å². The lowest BCUT2D eigenvalue weighted by Gasteiger charge is -2.00. The second-order valence-electron chi connectivity index (χ2n) is 2.43. The highest BCUT2D eigenvalue weighted by Gasteiger charge is 2.05. The van der Waals surface area contributed by atoms with Gasteiger partial charge >= 0.3 is 6.03 Å². The second kappa shape index (κ2) is 12.9. The fourth-order valence-corrected chi connectivity index (χ4v) is 0.397. The zero-order valence-corrected chi connectivity index (χ0v) is 9.18. The Kier molecular flexibility index (Phi) is 16.7. The minimum atomic E-state index is -0.431. The van der Waals surface area contributed by atoms with Crippen molar-refractivity contribution in [2.24, 2.45) is 0 Å². The van der Waals surface area contributed by atoms with Gasteiger partial charge in [0.2, 0.25) is 0 Å². The van der Waals surface area contributed by atoms with Gasteiger partial charge in [0, 0.05) is 12.7 Å². The third kappa shape index (κ3) is 15.6. The molecule has 0 radical (unpaired) electrons. The molecule has 0 aromatic heterocycles. The summed E-state index contributed by atoms with van der Waals surface area (Å²) in [6.07, 6.45) is 0.911. The van der Waals surface area contributed by atoms with E-state index in [1.165, 1.54) is 14.1 Å². The van der Waals surface area contributed by atoms with E-state index in [1.54, 1.807) is 7.11 Å². The van der Waals surface area contributed by atoms with Gasteiger partial charge < -0.3 is 5.32 Å². The molecule has 0 aliphatic rings. The first-order valence-electron chi connectivity index (χ1n) is 4.20. The zero-order valence-electron chi connectivity index (χ0n) is 9.18. The molecule has 0 bridgehead atoms. The number of amides is 2. The average molecular weight is 222 g/mol. The number of nitrogens with one attached hydrogen (secondary N) is 3. The van der Waals surface area contributed by atoms with Crippen molar-refractivity contribution in [3.05, 3.63) is 12.3 Å². The molecule has 0 heterocycles. The number of urea groups is 1. The number of hydrogen-bond acceptors (Lipinski definition) is 4. The van der Waals surface area contributed by atoms with Crippen molar-refractivity contribution >= 4 is 6.03 Å². The van der Waals surface area contributed by atoms with Crippen LogP contribution in [0.5, 0.6) is 0 Å². The average Bonchev–Trinajstić information content (AvgIpc) is 2.17. The minimum Gasteiger partial charge on any atom is -0.306 e. The molecule has 0 aliphatic heterocycles. The van der Waals surface area contributed by atoms with Crippen molar-refractivity contribution in [3.63, 3.8) is 0 Å². The Bertz CT molecular complexity index is 172. The molecule has 4 N–H and O–H groups in total. The number of carbonyl (C=O) groups is 1. The summed E-state index contributed by atoms with van der Waals surface area (Å²) in [6, 6.07) is -0.431. The monoisotopic (exact) mass is 222 g/mol. The Morgan fingerprint density at radius 1 is 1.60 bits per heavy atom. The molecular weight excluding hydrogens is 198 g/mol. The predicted octanol–water partition coefficient (Wildman–Crippen LogP) is -0.0731. The van der Waals surface area contributed by atoms with Crippen molar-refractivity contribution in [2.45, 2.75) is 20.8 Å². The van der Waals surface area contributed by atoms with Crippen LogP contribution in [0.4, 0.5) is 4.79 Å². The first kappa shape index (κ1) is 19.5. The first-order valence-corrected chi connectivity index (χ1v) is 4.20. The SMILES string of the molecule is C.C=C(CC)NOC.CNC(=O)[NH+](C)O. The van der Waals surface area contributed by atoms with Gasteiger partial charge in [-0.3, -0.25) is 10.3 Å². The molecule has 0 aromatic rings. The molecule has 92 valence electrons. The molecule has 6 heteroatoms. The molecule has 0 spiro atoms. The minimum absolute atomic E-state index is 0. The van der Waals surface area contributed by atoms with Crippen LogP contribution in [0.2, 0.25) is 0 Å². The number of rotatable bonds is 3. The molecule has 0 rings (SSSR count). The van der Waals surface area contributed by atoms with Gasteiger partial charge in [-0.15, -0.1) is 5.06 Å². The van der Waals surface area contributed by atoms with Crippen molar-refractivity contribution in [1.82, 2.24) is 10.8 Å². The van der Waals surface area contributed by atoms with Crippen LogP contribution >= 0.6 is 0 Å². The highest BCUT2D eigenvalue weighted by Crippen LogP contribution is 1.86. The number of hydroxylamine groups is 3. The van der Waals surface area contributed by atoms with Crippen molar-refractivity contribution in [1.29, 1.82) is 0 Å². The standard InChI is InChI=1S/C5H11NO.C3H8N2O2.CH4/c1-4-5(2)6-7-3;1-4-3(6)5(2)7;/h6H,2,4H2,1,3H3;7H,1-2H3,(H,4,6);1H4/p+1. The normalized spacial score (nSPS) is 9.93. The van der Waals surface area contributed by atoms with Crippen molar-refractivity contribution in [3.8, 4) is 0 Å². The molecule has 0 fully saturated rings. The topological polar surface area (TPSA) is 75.0 Å². The van der Waals surface area contributed by atoms with Crippen LogP contribution in [0.1, 0.15) is 20.8 Å². The molecule has 0 aromatic carbocycles. The maximum atomic E-state index is 10.1. The second-order valence-corrected chi connectivity index (χ2v) is 2.43. The lowest BCUT2D eigenvalue weighted by atomic mass is 10.4. The van der Waals surface area contributed by atoms with E-state index < -0.39 is 6.03 Å². The van der Waals surface area contributed by atoms with Crippen molar-refractivity contribution < 1.29 is 19.9 Å². The summed E-state index contributed by atoms with van der Waals surface area (Å²) in [6.45, 7) is 5.64. The van der Waals surface area contributed by atoms with E-state index in [4.69, 9.17) is 5.21 Å². The van der Waals surface area contributed by atoms with Crippen LogP contribution in [-0.2, 0) is 4.84 Å². The summed E-state index contributed by atoms with van der Waals surface area (Å²) in [4.78, 5) is 14.7. The van der Waals surface area contributed by atoms with Crippen molar-refractivity contribution in [2.75, 3.05) is 21.2 Å². The molecule has 0 saturated carbocycles. The van der Waals surface area contributed by atoms with Gasteiger partial charge in [0.05, 0.1) is 7.11 Å². The molecular formula is C9H24N3O3+. The third-order valence-corrected chi connectivity index (χ3v) is 1.23. The summed E-state index contributed by atoms with van der Waals surface area (Å²) in [5, 5.41) is 10.4. The lowest BCUT2D eigenvalue weighted by molar-refractivity contribution is -1.00. The Balaban J connectivity index is -0.000000180. The van der Waals surface area contributed by atoms with Gasteiger partial charge in [-0.05, 0) is 6.42 Å². The zero-order chi connectivity index (χ0) is 11.6. The molecule has 0 aliphatic carbocycles. The van der Waals surface area contributed by atoms with Crippen LogP contribution in [0, 0.1) is 0 Å². The van der Waals surface area contributed by atoms with Crippen LogP contribution in [-0.4, -0.2) is 32.4 Å². The van der Waals surface area contributed by atoms with E-state index in [2.05, 4.69) is 22.2 Å². The lowest BCUT2D eigenvalue weighted by Crippen LogP contribution is -3.10. The smallest absolute Gasteiger partial charge is 0.306 e. The fourth-order valence-electron chi connectivity index (χ4n) is 0.397. The maximum absolute atomic E-state index is 10.1. The highest BCUT2D eigenvalue weighted by molar-refractivity contribution is 5.62. The molecule has 1 atom stereocenters. The highest BCUT2D eigenvalue weighted by atomic mass is 16.6. The largest absolute Gasteiger partial charge is 0.446 e. The van der Waals surface area contributed by atoms with E-state index in [1.807, 2.05) is 6.92 Å². The van der Waals surface area contributed by atoms with E-state index in [-0.39, 0.29) is 12.5 Å².